The van der Waals surface area contributed by atoms with Gasteiger partial charge in [-0.2, -0.15) is 5.26 Å². The summed E-state index contributed by atoms with van der Waals surface area (Å²) in [5, 5.41) is 11.6. The van der Waals surface area contributed by atoms with Gasteiger partial charge in [0.15, 0.2) is 0 Å². The molecule has 1 aromatic heterocycles. The monoisotopic (exact) mass is 358 g/mol. The SMILES string of the molecule is N#Cc1cccc(-c2csc(-c3cc(F)ccc3Br)n2)c1. The normalized spacial score (nSPS) is 10.3. The maximum Gasteiger partial charge on any atom is 0.125 e. The largest absolute Gasteiger partial charge is 0.236 e. The molecule has 2 aromatic carbocycles. The van der Waals surface area contributed by atoms with Gasteiger partial charge in [-0.15, -0.1) is 11.3 Å². The Morgan fingerprint density at radius 3 is 2.86 bits per heavy atom. The van der Waals surface area contributed by atoms with Gasteiger partial charge in [-0.3, -0.25) is 0 Å². The summed E-state index contributed by atoms with van der Waals surface area (Å²) in [6.45, 7) is 0. The molecule has 0 saturated heterocycles. The maximum absolute atomic E-state index is 13.4. The van der Waals surface area contributed by atoms with E-state index in [9.17, 15) is 4.39 Å². The molecule has 2 nitrogen and oxygen atoms in total. The van der Waals surface area contributed by atoms with Crippen molar-refractivity contribution in [3.8, 4) is 27.9 Å². The van der Waals surface area contributed by atoms with Crippen LogP contribution in [0.15, 0.2) is 52.3 Å². The second-order valence-electron chi connectivity index (χ2n) is 4.35. The van der Waals surface area contributed by atoms with E-state index in [-0.39, 0.29) is 5.82 Å². The Kier molecular flexibility index (Phi) is 3.82. The van der Waals surface area contributed by atoms with Crippen LogP contribution < -0.4 is 0 Å². The fourth-order valence-corrected chi connectivity index (χ4v) is 3.36. The van der Waals surface area contributed by atoms with Crippen LogP contribution in [0.5, 0.6) is 0 Å². The zero-order valence-electron chi connectivity index (χ0n) is 10.7. The lowest BCUT2D eigenvalue weighted by atomic mass is 10.1. The van der Waals surface area contributed by atoms with Gasteiger partial charge in [0.05, 0.1) is 17.3 Å². The van der Waals surface area contributed by atoms with Crippen molar-refractivity contribution >= 4 is 27.3 Å². The molecular formula is C16H8BrFN2S. The molecular weight excluding hydrogens is 351 g/mol. The molecule has 0 aliphatic heterocycles. The first-order valence-electron chi connectivity index (χ1n) is 6.09. The van der Waals surface area contributed by atoms with Crippen LogP contribution in [0.25, 0.3) is 21.8 Å². The molecule has 0 fully saturated rings. The van der Waals surface area contributed by atoms with Crippen LogP contribution in [-0.4, -0.2) is 4.98 Å². The van der Waals surface area contributed by atoms with Crippen molar-refractivity contribution < 1.29 is 4.39 Å². The van der Waals surface area contributed by atoms with Crippen molar-refractivity contribution in [3.63, 3.8) is 0 Å². The molecule has 0 bridgehead atoms. The van der Waals surface area contributed by atoms with Crippen LogP contribution in [0.3, 0.4) is 0 Å². The highest BCUT2D eigenvalue weighted by molar-refractivity contribution is 9.10. The maximum atomic E-state index is 13.4. The minimum atomic E-state index is -0.295. The van der Waals surface area contributed by atoms with E-state index < -0.39 is 0 Å². The number of aromatic nitrogens is 1. The smallest absolute Gasteiger partial charge is 0.125 e. The van der Waals surface area contributed by atoms with Gasteiger partial charge in [-0.1, -0.05) is 28.1 Å². The highest BCUT2D eigenvalue weighted by Gasteiger charge is 2.11. The van der Waals surface area contributed by atoms with Gasteiger partial charge >= 0.3 is 0 Å². The quantitative estimate of drug-likeness (QED) is 0.627. The Hall–Kier alpha value is -2.03. The predicted molar refractivity (Wildman–Crippen MR) is 85.4 cm³/mol. The molecule has 0 aliphatic rings. The van der Waals surface area contributed by atoms with Crippen LogP contribution >= 0.6 is 27.3 Å². The number of halogens is 2. The van der Waals surface area contributed by atoms with E-state index in [1.807, 2.05) is 17.5 Å². The molecule has 0 atom stereocenters. The zero-order valence-corrected chi connectivity index (χ0v) is 13.1. The second-order valence-corrected chi connectivity index (χ2v) is 6.07. The molecule has 1 heterocycles. The zero-order chi connectivity index (χ0) is 14.8. The Morgan fingerprint density at radius 2 is 2.05 bits per heavy atom. The molecule has 21 heavy (non-hydrogen) atoms. The molecule has 0 saturated carbocycles. The Balaban J connectivity index is 2.04. The van der Waals surface area contributed by atoms with E-state index in [2.05, 4.69) is 27.0 Å². The summed E-state index contributed by atoms with van der Waals surface area (Å²) in [6, 6.07) is 13.9. The van der Waals surface area contributed by atoms with Crippen LogP contribution in [0.4, 0.5) is 4.39 Å². The van der Waals surface area contributed by atoms with Crippen LogP contribution in [0.1, 0.15) is 5.56 Å². The number of rotatable bonds is 2. The summed E-state index contributed by atoms with van der Waals surface area (Å²) in [7, 11) is 0. The Labute approximate surface area is 133 Å². The molecule has 0 unspecified atom stereocenters. The number of thiazole rings is 1. The van der Waals surface area contributed by atoms with E-state index >= 15 is 0 Å². The van der Waals surface area contributed by atoms with Gasteiger partial charge in [-0.05, 0) is 30.3 Å². The molecule has 0 radical (unpaired) electrons. The lowest BCUT2D eigenvalue weighted by Crippen LogP contribution is -1.83. The number of hydrogen-bond donors (Lipinski definition) is 0. The van der Waals surface area contributed by atoms with Crippen molar-refractivity contribution in [2.24, 2.45) is 0 Å². The summed E-state index contributed by atoms with van der Waals surface area (Å²) >= 11 is 4.86. The number of hydrogen-bond acceptors (Lipinski definition) is 3. The number of benzene rings is 2. The van der Waals surface area contributed by atoms with Gasteiger partial charge in [0, 0.05) is 21.0 Å². The number of nitrogens with zero attached hydrogens (tertiary/aromatic N) is 2. The fraction of sp³-hybridized carbons (Fsp3) is 0. The minimum Gasteiger partial charge on any atom is -0.236 e. The molecule has 5 heteroatoms. The third-order valence-electron chi connectivity index (χ3n) is 2.95. The van der Waals surface area contributed by atoms with E-state index in [1.54, 1.807) is 18.2 Å². The topological polar surface area (TPSA) is 36.7 Å². The third kappa shape index (κ3) is 2.87. The molecule has 102 valence electrons. The van der Waals surface area contributed by atoms with E-state index in [1.165, 1.54) is 23.5 Å². The van der Waals surface area contributed by atoms with Gasteiger partial charge in [-0.25, -0.2) is 9.37 Å². The third-order valence-corrected chi connectivity index (χ3v) is 4.52. The van der Waals surface area contributed by atoms with Crippen LogP contribution in [0.2, 0.25) is 0 Å². The highest BCUT2D eigenvalue weighted by Crippen LogP contribution is 2.33. The van der Waals surface area contributed by atoms with Gasteiger partial charge < -0.3 is 0 Å². The lowest BCUT2D eigenvalue weighted by Gasteiger charge is -2.00. The first-order chi connectivity index (χ1) is 10.2. The molecule has 3 rings (SSSR count). The fourth-order valence-electron chi connectivity index (χ4n) is 1.94. The standard InChI is InChI=1S/C16H8BrFN2S/c17-14-5-4-12(18)7-13(14)16-20-15(9-21-16)11-3-1-2-10(6-11)8-19/h1-7,9H. The summed E-state index contributed by atoms with van der Waals surface area (Å²) in [6.07, 6.45) is 0. The average molecular weight is 359 g/mol. The molecule has 0 N–H and O–H groups in total. The van der Waals surface area contributed by atoms with Crippen molar-refractivity contribution in [1.82, 2.24) is 4.98 Å². The molecule has 0 aliphatic carbocycles. The van der Waals surface area contributed by atoms with Gasteiger partial charge in [0.25, 0.3) is 0 Å². The first-order valence-corrected chi connectivity index (χ1v) is 7.76. The van der Waals surface area contributed by atoms with E-state index in [0.717, 1.165) is 26.3 Å². The average Bonchev–Trinajstić information content (AvgIpc) is 2.99. The summed E-state index contributed by atoms with van der Waals surface area (Å²) in [5.41, 5.74) is 2.98. The summed E-state index contributed by atoms with van der Waals surface area (Å²) in [4.78, 5) is 4.54. The molecule has 3 aromatic rings. The second kappa shape index (κ2) is 5.76. The molecule has 0 spiro atoms. The predicted octanol–water partition coefficient (Wildman–Crippen LogP) is 5.25. The van der Waals surface area contributed by atoms with Crippen molar-refractivity contribution in [1.29, 1.82) is 5.26 Å². The molecule has 0 amide bonds. The van der Waals surface area contributed by atoms with E-state index in [0.29, 0.717) is 5.56 Å². The van der Waals surface area contributed by atoms with Crippen molar-refractivity contribution in [3.05, 3.63) is 63.7 Å². The van der Waals surface area contributed by atoms with E-state index in [4.69, 9.17) is 5.26 Å². The number of nitriles is 1. The van der Waals surface area contributed by atoms with Crippen LogP contribution in [0, 0.1) is 17.1 Å². The minimum absolute atomic E-state index is 0.295. The Morgan fingerprint density at radius 1 is 1.19 bits per heavy atom. The Bertz CT molecular complexity index is 851. The van der Waals surface area contributed by atoms with Crippen molar-refractivity contribution in [2.45, 2.75) is 0 Å². The summed E-state index contributed by atoms with van der Waals surface area (Å²) in [5.74, 6) is -0.295. The van der Waals surface area contributed by atoms with Gasteiger partial charge in [0.2, 0.25) is 0 Å². The van der Waals surface area contributed by atoms with Gasteiger partial charge in [0.1, 0.15) is 10.8 Å². The summed E-state index contributed by atoms with van der Waals surface area (Å²) < 4.78 is 14.2. The van der Waals surface area contributed by atoms with Crippen LogP contribution in [-0.2, 0) is 0 Å². The highest BCUT2D eigenvalue weighted by atomic mass is 79.9. The lowest BCUT2D eigenvalue weighted by molar-refractivity contribution is 0.628. The van der Waals surface area contributed by atoms with Crippen molar-refractivity contribution in [2.75, 3.05) is 0 Å². The first kappa shape index (κ1) is 13.9.